The van der Waals surface area contributed by atoms with Crippen LogP contribution in [0.1, 0.15) is 64.7 Å². The topological polar surface area (TPSA) is 18.5 Å². The third-order valence-electron chi connectivity index (χ3n) is 5.74. The fourth-order valence-corrected chi connectivity index (χ4v) is 4.30. The Bertz CT molecular complexity index is 281. The molecule has 19 heavy (non-hydrogen) atoms. The van der Waals surface area contributed by atoms with Gasteiger partial charge in [-0.1, -0.05) is 13.3 Å². The molecule has 3 rings (SSSR count). The lowest BCUT2D eigenvalue weighted by Crippen LogP contribution is -2.42. The van der Waals surface area contributed by atoms with Gasteiger partial charge in [0.1, 0.15) is 0 Å². The van der Waals surface area contributed by atoms with Crippen LogP contribution in [0.4, 0.5) is 0 Å². The Hall–Kier alpha value is -0.0800. The van der Waals surface area contributed by atoms with Crippen LogP contribution in [0.2, 0.25) is 0 Å². The largest absolute Gasteiger partial charge is 0.381 e. The normalized spacial score (nSPS) is 41.2. The van der Waals surface area contributed by atoms with Crippen molar-refractivity contribution in [2.24, 2.45) is 17.8 Å². The number of rotatable bonds is 6. The van der Waals surface area contributed by atoms with Crippen molar-refractivity contribution < 1.29 is 9.47 Å². The predicted molar refractivity (Wildman–Crippen MR) is 77.2 cm³/mol. The van der Waals surface area contributed by atoms with Gasteiger partial charge in [-0.3, -0.25) is 0 Å². The summed E-state index contributed by atoms with van der Waals surface area (Å²) in [4.78, 5) is 0. The molecule has 0 bridgehead atoms. The molecular formula is C17H30O2. The van der Waals surface area contributed by atoms with E-state index in [1.165, 1.54) is 57.8 Å². The second-order valence-electron chi connectivity index (χ2n) is 7.00. The minimum Gasteiger partial charge on any atom is -0.381 e. The van der Waals surface area contributed by atoms with Crippen molar-refractivity contribution >= 4 is 0 Å². The quantitative estimate of drug-likeness (QED) is 0.671. The lowest BCUT2D eigenvalue weighted by molar-refractivity contribution is -0.117. The van der Waals surface area contributed by atoms with Gasteiger partial charge in [0.15, 0.2) is 0 Å². The van der Waals surface area contributed by atoms with Gasteiger partial charge in [0.2, 0.25) is 0 Å². The highest BCUT2D eigenvalue weighted by Gasteiger charge is 2.56. The van der Waals surface area contributed by atoms with Crippen LogP contribution >= 0.6 is 0 Å². The Labute approximate surface area is 118 Å². The fourth-order valence-electron chi connectivity index (χ4n) is 4.30. The number of hydrogen-bond acceptors (Lipinski definition) is 2. The standard InChI is InChI=1S/C17H30O2/c1-2-3-10-18-11-6-14-4-8-17(9-5-14)16-13-15(16)7-12-19-17/h14-16H,2-13H2,1H3/t14?,15-,16+,17?/m0/s1. The molecule has 0 radical (unpaired) electrons. The average molecular weight is 266 g/mol. The molecule has 3 fully saturated rings. The van der Waals surface area contributed by atoms with E-state index in [9.17, 15) is 0 Å². The van der Waals surface area contributed by atoms with Crippen molar-refractivity contribution in [3.05, 3.63) is 0 Å². The number of hydrogen-bond donors (Lipinski definition) is 0. The van der Waals surface area contributed by atoms with Gasteiger partial charge in [-0.15, -0.1) is 0 Å². The van der Waals surface area contributed by atoms with Crippen molar-refractivity contribution in [3.8, 4) is 0 Å². The molecule has 2 saturated carbocycles. The summed E-state index contributed by atoms with van der Waals surface area (Å²) >= 11 is 0. The Morgan fingerprint density at radius 1 is 1.16 bits per heavy atom. The first-order valence-electron chi connectivity index (χ1n) is 8.56. The molecule has 110 valence electrons. The molecule has 0 amide bonds. The molecule has 3 aliphatic rings. The maximum atomic E-state index is 6.23. The Morgan fingerprint density at radius 2 is 2.00 bits per heavy atom. The molecule has 1 saturated heterocycles. The van der Waals surface area contributed by atoms with Gasteiger partial charge >= 0.3 is 0 Å². The number of unbranched alkanes of at least 4 members (excludes halogenated alkanes) is 1. The zero-order valence-corrected chi connectivity index (χ0v) is 12.5. The molecule has 0 aromatic carbocycles. The minimum atomic E-state index is 0.322. The van der Waals surface area contributed by atoms with Crippen LogP contribution in [0.15, 0.2) is 0 Å². The van der Waals surface area contributed by atoms with Crippen LogP contribution in [0, 0.1) is 17.8 Å². The highest BCUT2D eigenvalue weighted by atomic mass is 16.5. The molecule has 0 N–H and O–H groups in total. The van der Waals surface area contributed by atoms with Crippen LogP contribution in [0.5, 0.6) is 0 Å². The van der Waals surface area contributed by atoms with Gasteiger partial charge in [-0.05, 0) is 69.1 Å². The highest BCUT2D eigenvalue weighted by molar-refractivity contribution is 5.06. The Balaban J connectivity index is 1.35. The summed E-state index contributed by atoms with van der Waals surface area (Å²) in [6, 6.07) is 0. The van der Waals surface area contributed by atoms with Gasteiger partial charge in [-0.25, -0.2) is 0 Å². The summed E-state index contributed by atoms with van der Waals surface area (Å²) in [6.07, 6.45) is 11.9. The second-order valence-corrected chi connectivity index (χ2v) is 7.00. The summed E-state index contributed by atoms with van der Waals surface area (Å²) in [7, 11) is 0. The van der Waals surface area contributed by atoms with Gasteiger partial charge in [-0.2, -0.15) is 0 Å². The van der Waals surface area contributed by atoms with Gasteiger partial charge in [0.25, 0.3) is 0 Å². The molecule has 0 aromatic rings. The third kappa shape index (κ3) is 3.16. The van der Waals surface area contributed by atoms with Gasteiger partial charge in [0.05, 0.1) is 5.60 Å². The van der Waals surface area contributed by atoms with E-state index in [2.05, 4.69) is 6.92 Å². The molecule has 1 spiro atoms. The Kier molecular flexibility index (Phi) is 4.48. The average Bonchev–Trinajstić information content (AvgIpc) is 3.22. The Morgan fingerprint density at radius 3 is 2.79 bits per heavy atom. The van der Waals surface area contributed by atoms with E-state index < -0.39 is 0 Å². The van der Waals surface area contributed by atoms with E-state index in [0.717, 1.165) is 37.6 Å². The van der Waals surface area contributed by atoms with E-state index >= 15 is 0 Å². The van der Waals surface area contributed by atoms with Crippen molar-refractivity contribution in [3.63, 3.8) is 0 Å². The number of fused-ring (bicyclic) bond motifs is 2. The lowest BCUT2D eigenvalue weighted by Gasteiger charge is -2.43. The van der Waals surface area contributed by atoms with E-state index in [0.29, 0.717) is 5.60 Å². The maximum absolute atomic E-state index is 6.23. The molecule has 0 unspecified atom stereocenters. The van der Waals surface area contributed by atoms with E-state index in [4.69, 9.17) is 9.47 Å². The van der Waals surface area contributed by atoms with E-state index in [-0.39, 0.29) is 0 Å². The van der Waals surface area contributed by atoms with Crippen molar-refractivity contribution in [1.29, 1.82) is 0 Å². The minimum absolute atomic E-state index is 0.322. The first kappa shape index (κ1) is 13.9. The monoisotopic (exact) mass is 266 g/mol. The van der Waals surface area contributed by atoms with Crippen LogP contribution in [0.25, 0.3) is 0 Å². The summed E-state index contributed by atoms with van der Waals surface area (Å²) in [5.41, 5.74) is 0.322. The van der Waals surface area contributed by atoms with E-state index in [1.54, 1.807) is 0 Å². The zero-order valence-electron chi connectivity index (χ0n) is 12.5. The molecule has 1 aliphatic heterocycles. The molecule has 0 aromatic heterocycles. The molecular weight excluding hydrogens is 236 g/mol. The van der Waals surface area contributed by atoms with Crippen LogP contribution in [-0.4, -0.2) is 25.4 Å². The van der Waals surface area contributed by atoms with Crippen LogP contribution in [-0.2, 0) is 9.47 Å². The first-order chi connectivity index (χ1) is 9.34. The summed E-state index contributed by atoms with van der Waals surface area (Å²) in [5, 5.41) is 0. The zero-order chi connectivity index (χ0) is 13.1. The first-order valence-corrected chi connectivity index (χ1v) is 8.56. The molecule has 2 atom stereocenters. The summed E-state index contributed by atoms with van der Waals surface area (Å²) in [5.74, 6) is 2.86. The van der Waals surface area contributed by atoms with Gasteiger partial charge < -0.3 is 9.47 Å². The molecule has 1 heterocycles. The third-order valence-corrected chi connectivity index (χ3v) is 5.74. The molecule has 2 heteroatoms. The molecule has 2 nitrogen and oxygen atoms in total. The molecule has 2 aliphatic carbocycles. The lowest BCUT2D eigenvalue weighted by atomic mass is 9.74. The van der Waals surface area contributed by atoms with Crippen molar-refractivity contribution in [2.75, 3.05) is 19.8 Å². The predicted octanol–water partition coefficient (Wildman–Crippen LogP) is 4.18. The number of ether oxygens (including phenoxy) is 2. The second kappa shape index (κ2) is 6.13. The SMILES string of the molecule is CCCCOCCC1CCC2(CC1)OCC[C@H]1C[C@H]12. The maximum Gasteiger partial charge on any atom is 0.0713 e. The van der Waals surface area contributed by atoms with Crippen LogP contribution < -0.4 is 0 Å². The smallest absolute Gasteiger partial charge is 0.0713 e. The fraction of sp³-hybridized carbons (Fsp3) is 1.00. The van der Waals surface area contributed by atoms with Crippen molar-refractivity contribution in [2.45, 2.75) is 70.3 Å². The summed E-state index contributed by atoms with van der Waals surface area (Å²) < 4.78 is 11.9. The summed E-state index contributed by atoms with van der Waals surface area (Å²) in [6.45, 7) is 5.19. The highest BCUT2D eigenvalue weighted by Crippen LogP contribution is 2.58. The van der Waals surface area contributed by atoms with Crippen LogP contribution in [0.3, 0.4) is 0 Å². The van der Waals surface area contributed by atoms with E-state index in [1.807, 2.05) is 0 Å². The van der Waals surface area contributed by atoms with Gasteiger partial charge in [0, 0.05) is 19.8 Å². The van der Waals surface area contributed by atoms with Crippen molar-refractivity contribution in [1.82, 2.24) is 0 Å².